The van der Waals surface area contributed by atoms with E-state index in [2.05, 4.69) is 10.6 Å². The normalized spacial score (nSPS) is 20.8. The minimum absolute atomic E-state index is 0.0530. The summed E-state index contributed by atoms with van der Waals surface area (Å²) in [5, 5.41) is 5.67. The van der Waals surface area contributed by atoms with Crippen LogP contribution in [0.4, 0.5) is 5.69 Å². The number of nitrogens with one attached hydrogen (secondary N) is 2. The van der Waals surface area contributed by atoms with E-state index in [1.807, 2.05) is 4.90 Å². The van der Waals surface area contributed by atoms with Crippen molar-refractivity contribution in [3.8, 4) is 0 Å². The van der Waals surface area contributed by atoms with Gasteiger partial charge in [0.1, 0.15) is 0 Å². The van der Waals surface area contributed by atoms with Crippen LogP contribution >= 0.6 is 11.6 Å². The molecule has 0 aromatic heterocycles. The van der Waals surface area contributed by atoms with Crippen LogP contribution in [0.25, 0.3) is 0 Å². The average Bonchev–Trinajstić information content (AvgIpc) is 3.25. The number of halogens is 1. The lowest BCUT2D eigenvalue weighted by Gasteiger charge is -2.23. The van der Waals surface area contributed by atoms with Crippen molar-refractivity contribution >= 4 is 35.0 Å². The first-order chi connectivity index (χ1) is 12.0. The molecule has 1 aromatic rings. The maximum atomic E-state index is 12.6. The van der Waals surface area contributed by atoms with Crippen LogP contribution in [0.2, 0.25) is 5.02 Å². The van der Waals surface area contributed by atoms with Crippen molar-refractivity contribution < 1.29 is 14.4 Å². The van der Waals surface area contributed by atoms with Crippen LogP contribution in [-0.4, -0.2) is 42.3 Å². The zero-order valence-electron chi connectivity index (χ0n) is 14.2. The highest BCUT2D eigenvalue weighted by molar-refractivity contribution is 6.34. The fraction of sp³-hybridized carbons (Fsp3) is 0.500. The average molecular weight is 364 g/mol. The molecule has 1 aliphatic carbocycles. The third kappa shape index (κ3) is 3.79. The summed E-state index contributed by atoms with van der Waals surface area (Å²) >= 11 is 6.13. The highest BCUT2D eigenvalue weighted by Crippen LogP contribution is 2.31. The van der Waals surface area contributed by atoms with Crippen molar-refractivity contribution in [2.75, 3.05) is 18.9 Å². The number of hydrogen-bond acceptors (Lipinski definition) is 3. The Kier molecular flexibility index (Phi) is 5.27. The molecule has 134 valence electrons. The number of nitrogens with zero attached hydrogens (tertiary/aromatic N) is 1. The molecule has 2 aliphatic rings. The van der Waals surface area contributed by atoms with Crippen LogP contribution in [0.3, 0.4) is 0 Å². The van der Waals surface area contributed by atoms with E-state index < -0.39 is 0 Å². The summed E-state index contributed by atoms with van der Waals surface area (Å²) in [4.78, 5) is 38.4. The largest absolute Gasteiger partial charge is 0.355 e. The molecule has 1 aromatic carbocycles. The second-order valence-electron chi connectivity index (χ2n) is 6.65. The van der Waals surface area contributed by atoms with Gasteiger partial charge < -0.3 is 15.5 Å². The number of amides is 3. The van der Waals surface area contributed by atoms with E-state index in [0.717, 1.165) is 25.7 Å². The molecule has 1 saturated carbocycles. The summed E-state index contributed by atoms with van der Waals surface area (Å²) in [6.07, 6.45) is 4.58. The number of hydrogen-bond donors (Lipinski definition) is 2. The van der Waals surface area contributed by atoms with E-state index in [4.69, 9.17) is 11.6 Å². The van der Waals surface area contributed by atoms with Crippen molar-refractivity contribution in [2.24, 2.45) is 5.92 Å². The maximum absolute atomic E-state index is 12.6. The monoisotopic (exact) mass is 363 g/mol. The molecule has 1 heterocycles. The molecule has 0 bridgehead atoms. The zero-order chi connectivity index (χ0) is 18.0. The third-order valence-electron chi connectivity index (χ3n) is 5.01. The van der Waals surface area contributed by atoms with Crippen LogP contribution in [0.15, 0.2) is 18.2 Å². The van der Waals surface area contributed by atoms with Crippen LogP contribution in [-0.2, 0) is 9.59 Å². The summed E-state index contributed by atoms with van der Waals surface area (Å²) in [5.41, 5.74) is 0.803. The van der Waals surface area contributed by atoms with E-state index in [1.165, 1.54) is 7.05 Å². The summed E-state index contributed by atoms with van der Waals surface area (Å²) in [5.74, 6) is -0.814. The number of anilines is 1. The second-order valence-corrected chi connectivity index (χ2v) is 7.06. The predicted molar refractivity (Wildman–Crippen MR) is 95.5 cm³/mol. The van der Waals surface area contributed by atoms with Gasteiger partial charge in [-0.2, -0.15) is 0 Å². The SMILES string of the molecule is CNC(=O)c1ccc(Cl)c(NC(=O)C2CC(=O)N(C3CCCC3)C2)c1. The van der Waals surface area contributed by atoms with Gasteiger partial charge in [-0.1, -0.05) is 24.4 Å². The van der Waals surface area contributed by atoms with E-state index in [1.54, 1.807) is 18.2 Å². The molecule has 1 aliphatic heterocycles. The molecule has 2 fully saturated rings. The van der Waals surface area contributed by atoms with Crippen LogP contribution in [0.5, 0.6) is 0 Å². The molecule has 3 rings (SSSR count). The fourth-order valence-electron chi connectivity index (χ4n) is 3.62. The standard InChI is InChI=1S/C18H22ClN3O3/c1-20-17(24)11-6-7-14(19)15(8-11)21-18(25)12-9-16(23)22(10-12)13-4-2-3-5-13/h6-8,12-13H,2-5,9-10H2,1H3,(H,20,24)(H,21,25). The molecule has 1 saturated heterocycles. The molecule has 1 atom stereocenters. The van der Waals surface area contributed by atoms with Gasteiger partial charge in [0.15, 0.2) is 0 Å². The number of carbonyl (C=O) groups is 3. The van der Waals surface area contributed by atoms with Gasteiger partial charge in [-0.3, -0.25) is 14.4 Å². The lowest BCUT2D eigenvalue weighted by molar-refractivity contribution is -0.129. The van der Waals surface area contributed by atoms with Crippen molar-refractivity contribution in [2.45, 2.75) is 38.1 Å². The van der Waals surface area contributed by atoms with E-state index >= 15 is 0 Å². The van der Waals surface area contributed by atoms with Gasteiger partial charge in [-0.05, 0) is 31.0 Å². The summed E-state index contributed by atoms with van der Waals surface area (Å²) in [6, 6.07) is 5.00. The Hall–Kier alpha value is -2.08. The predicted octanol–water partition coefficient (Wildman–Crippen LogP) is 2.43. The lowest BCUT2D eigenvalue weighted by atomic mass is 10.1. The van der Waals surface area contributed by atoms with Gasteiger partial charge in [0, 0.05) is 31.6 Å². The Morgan fingerprint density at radius 1 is 1.24 bits per heavy atom. The first kappa shape index (κ1) is 17.7. The Balaban J connectivity index is 1.68. The third-order valence-corrected chi connectivity index (χ3v) is 5.34. The zero-order valence-corrected chi connectivity index (χ0v) is 14.9. The van der Waals surface area contributed by atoms with E-state index in [0.29, 0.717) is 22.8 Å². The molecule has 2 N–H and O–H groups in total. The number of carbonyl (C=O) groups excluding carboxylic acids is 3. The molecule has 0 radical (unpaired) electrons. The molecule has 7 heteroatoms. The molecule has 6 nitrogen and oxygen atoms in total. The highest BCUT2D eigenvalue weighted by Gasteiger charge is 2.38. The van der Waals surface area contributed by atoms with Crippen molar-refractivity contribution in [3.05, 3.63) is 28.8 Å². The summed E-state index contributed by atoms with van der Waals surface area (Å²) in [6.45, 7) is 0.460. The first-order valence-electron chi connectivity index (χ1n) is 8.61. The first-order valence-corrected chi connectivity index (χ1v) is 8.99. The van der Waals surface area contributed by atoms with Crippen molar-refractivity contribution in [1.82, 2.24) is 10.2 Å². The fourth-order valence-corrected chi connectivity index (χ4v) is 3.78. The highest BCUT2D eigenvalue weighted by atomic mass is 35.5. The quantitative estimate of drug-likeness (QED) is 0.862. The Morgan fingerprint density at radius 2 is 1.96 bits per heavy atom. The van der Waals surface area contributed by atoms with Gasteiger partial charge in [0.2, 0.25) is 11.8 Å². The number of benzene rings is 1. The van der Waals surface area contributed by atoms with Gasteiger partial charge >= 0.3 is 0 Å². The van der Waals surface area contributed by atoms with Crippen molar-refractivity contribution in [1.29, 1.82) is 0 Å². The van der Waals surface area contributed by atoms with Crippen LogP contribution < -0.4 is 10.6 Å². The van der Waals surface area contributed by atoms with Gasteiger partial charge in [0.05, 0.1) is 16.6 Å². The van der Waals surface area contributed by atoms with Gasteiger partial charge in [-0.25, -0.2) is 0 Å². The molecule has 0 spiro atoms. The van der Waals surface area contributed by atoms with E-state index in [9.17, 15) is 14.4 Å². The Morgan fingerprint density at radius 3 is 2.64 bits per heavy atom. The van der Waals surface area contributed by atoms with E-state index in [-0.39, 0.29) is 36.1 Å². The molecule has 3 amide bonds. The number of likely N-dealkylation sites (tertiary alicyclic amines) is 1. The summed E-state index contributed by atoms with van der Waals surface area (Å²) < 4.78 is 0. The molecular weight excluding hydrogens is 342 g/mol. The smallest absolute Gasteiger partial charge is 0.251 e. The summed E-state index contributed by atoms with van der Waals surface area (Å²) in [7, 11) is 1.54. The lowest BCUT2D eigenvalue weighted by Crippen LogP contribution is -2.35. The van der Waals surface area contributed by atoms with Crippen molar-refractivity contribution in [3.63, 3.8) is 0 Å². The second kappa shape index (κ2) is 7.44. The van der Waals surface area contributed by atoms with Gasteiger partial charge in [0.25, 0.3) is 5.91 Å². The topological polar surface area (TPSA) is 78.5 Å². The van der Waals surface area contributed by atoms with Gasteiger partial charge in [-0.15, -0.1) is 0 Å². The minimum Gasteiger partial charge on any atom is -0.355 e. The van der Waals surface area contributed by atoms with Crippen LogP contribution in [0.1, 0.15) is 42.5 Å². The molecule has 25 heavy (non-hydrogen) atoms. The van der Waals surface area contributed by atoms with Crippen LogP contribution in [0, 0.1) is 5.92 Å². The maximum Gasteiger partial charge on any atom is 0.251 e. The molecular formula is C18H22ClN3O3. The molecule has 1 unspecified atom stereocenters. The number of rotatable bonds is 4. The Labute approximate surface area is 151 Å². The Bertz CT molecular complexity index is 701. The minimum atomic E-state index is -0.382.